The van der Waals surface area contributed by atoms with Gasteiger partial charge in [-0.25, -0.2) is 18.2 Å². The highest BCUT2D eigenvalue weighted by molar-refractivity contribution is 5.84. The van der Waals surface area contributed by atoms with Crippen LogP contribution in [0.25, 0.3) is 16.8 Å². The molecule has 1 aromatic carbocycles. The van der Waals surface area contributed by atoms with Crippen molar-refractivity contribution in [3.63, 3.8) is 0 Å². The largest absolute Gasteiger partial charge is 0.481 e. The van der Waals surface area contributed by atoms with Gasteiger partial charge in [0, 0.05) is 36.9 Å². The maximum absolute atomic E-state index is 14.2. The molecule has 3 heterocycles. The van der Waals surface area contributed by atoms with Crippen LogP contribution in [0.15, 0.2) is 53.8 Å². The summed E-state index contributed by atoms with van der Waals surface area (Å²) in [5.74, 6) is -2.36. The van der Waals surface area contributed by atoms with E-state index in [9.17, 15) is 32.7 Å². The fraction of sp³-hybridized carbons (Fsp3) is 0.412. The predicted molar refractivity (Wildman–Crippen MR) is 170 cm³/mol. The number of carbonyl (C=O) groups is 2. The van der Waals surface area contributed by atoms with Crippen molar-refractivity contribution < 1.29 is 27.9 Å². The van der Waals surface area contributed by atoms with E-state index in [-0.39, 0.29) is 12.3 Å². The van der Waals surface area contributed by atoms with Crippen LogP contribution in [0.3, 0.4) is 0 Å². The van der Waals surface area contributed by atoms with Gasteiger partial charge in [0.25, 0.3) is 12.0 Å². The van der Waals surface area contributed by atoms with Gasteiger partial charge in [-0.15, -0.1) is 0 Å². The molecule has 0 spiro atoms. The number of rotatable bonds is 13. The van der Waals surface area contributed by atoms with E-state index in [1.165, 1.54) is 24.4 Å². The fourth-order valence-corrected chi connectivity index (χ4v) is 5.82. The molecule has 46 heavy (non-hydrogen) atoms. The first-order valence-electron chi connectivity index (χ1n) is 15.1. The molecule has 0 aliphatic carbocycles. The topological polar surface area (TPSA) is 109 Å². The average Bonchev–Trinajstić information content (AvgIpc) is 3.43. The molecule has 0 aliphatic heterocycles. The minimum absolute atomic E-state index is 0.112. The van der Waals surface area contributed by atoms with Gasteiger partial charge in [0.15, 0.2) is 0 Å². The summed E-state index contributed by atoms with van der Waals surface area (Å²) in [5, 5.41) is 12.7. The maximum atomic E-state index is 14.2. The average molecular weight is 640 g/mol. The van der Waals surface area contributed by atoms with Crippen molar-refractivity contribution in [2.24, 2.45) is 5.92 Å². The van der Waals surface area contributed by atoms with E-state index in [0.29, 0.717) is 46.4 Å². The van der Waals surface area contributed by atoms with Gasteiger partial charge >= 0.3 is 5.97 Å². The lowest BCUT2D eigenvalue weighted by Gasteiger charge is -2.26. The van der Waals surface area contributed by atoms with Crippen LogP contribution in [0.5, 0.6) is 0 Å². The van der Waals surface area contributed by atoms with E-state index in [2.05, 4.69) is 10.3 Å². The molecule has 1 amide bonds. The molecule has 9 nitrogen and oxygen atoms in total. The number of amides is 1. The Balaban J connectivity index is 1.82. The first-order chi connectivity index (χ1) is 21.7. The number of carbonyl (C=O) groups excluding carboxylic acids is 1. The second-order valence-electron chi connectivity index (χ2n) is 12.4. The summed E-state index contributed by atoms with van der Waals surface area (Å²) in [6.45, 7) is 7.76. The molecular formula is C34H40F3N5O4. The van der Waals surface area contributed by atoms with Crippen molar-refractivity contribution in [2.75, 3.05) is 20.6 Å². The van der Waals surface area contributed by atoms with Gasteiger partial charge in [-0.1, -0.05) is 13.8 Å². The molecule has 0 aliphatic rings. The number of aromatic nitrogens is 3. The van der Waals surface area contributed by atoms with Crippen molar-refractivity contribution in [3.8, 4) is 11.1 Å². The van der Waals surface area contributed by atoms with Crippen LogP contribution in [0, 0.1) is 25.6 Å². The summed E-state index contributed by atoms with van der Waals surface area (Å²) in [5.41, 5.74) is 2.45. The van der Waals surface area contributed by atoms with Crippen LogP contribution in [0.1, 0.15) is 73.0 Å². The van der Waals surface area contributed by atoms with Crippen molar-refractivity contribution in [1.82, 2.24) is 24.2 Å². The summed E-state index contributed by atoms with van der Waals surface area (Å²) in [7, 11) is 3.68. The van der Waals surface area contributed by atoms with Crippen molar-refractivity contribution in [2.45, 2.75) is 65.5 Å². The van der Waals surface area contributed by atoms with E-state index in [4.69, 9.17) is 0 Å². The molecule has 0 saturated heterocycles. The lowest BCUT2D eigenvalue weighted by atomic mass is 9.93. The van der Waals surface area contributed by atoms with Crippen molar-refractivity contribution >= 4 is 17.5 Å². The number of pyridine rings is 2. The van der Waals surface area contributed by atoms with Gasteiger partial charge in [-0.2, -0.15) is 0 Å². The highest BCUT2D eigenvalue weighted by Crippen LogP contribution is 2.34. The van der Waals surface area contributed by atoms with Crippen LogP contribution in [-0.4, -0.2) is 56.5 Å². The third-order valence-electron chi connectivity index (χ3n) is 7.92. The SMILES string of the molecule is Cc1cc(F)cc(C)c1-c1cc([C@@H](CC(=O)O)NC(=O)[C@@H](CC(C)C)n2cc(CCN(C)C)cc(C(F)F)c2=O)cn2ccnc12. The first-order valence-corrected chi connectivity index (χ1v) is 15.1. The third kappa shape index (κ3) is 7.85. The normalized spacial score (nSPS) is 13.1. The van der Waals surface area contributed by atoms with Gasteiger partial charge < -0.3 is 24.3 Å². The predicted octanol–water partition coefficient (Wildman–Crippen LogP) is 5.88. The zero-order valence-corrected chi connectivity index (χ0v) is 26.9. The molecule has 0 bridgehead atoms. The molecule has 246 valence electrons. The zero-order chi connectivity index (χ0) is 33.9. The fourth-order valence-electron chi connectivity index (χ4n) is 5.82. The zero-order valence-electron chi connectivity index (χ0n) is 26.9. The molecule has 0 radical (unpaired) electrons. The number of likely N-dealkylation sites (N-methyl/N-ethyl adjacent to an activating group) is 1. The summed E-state index contributed by atoms with van der Waals surface area (Å²) in [6.07, 6.45) is 3.35. The molecule has 0 fully saturated rings. The number of halogens is 3. The molecule has 2 N–H and O–H groups in total. The summed E-state index contributed by atoms with van der Waals surface area (Å²) < 4.78 is 45.0. The monoisotopic (exact) mass is 639 g/mol. The highest BCUT2D eigenvalue weighted by atomic mass is 19.3. The Morgan fingerprint density at radius 1 is 1.07 bits per heavy atom. The summed E-state index contributed by atoms with van der Waals surface area (Å²) in [4.78, 5) is 45.8. The Morgan fingerprint density at radius 2 is 1.74 bits per heavy atom. The van der Waals surface area contributed by atoms with E-state index in [1.807, 2.05) is 32.8 Å². The van der Waals surface area contributed by atoms with Crippen LogP contribution in [-0.2, 0) is 16.0 Å². The van der Waals surface area contributed by atoms with Crippen LogP contribution >= 0.6 is 0 Å². The second kappa shape index (κ2) is 14.3. The van der Waals surface area contributed by atoms with Crippen molar-refractivity contribution in [3.05, 3.63) is 93.0 Å². The third-order valence-corrected chi connectivity index (χ3v) is 7.92. The van der Waals surface area contributed by atoms with Gasteiger partial charge in [0.05, 0.1) is 18.0 Å². The van der Waals surface area contributed by atoms with E-state index >= 15 is 0 Å². The molecule has 12 heteroatoms. The Bertz CT molecular complexity index is 1770. The Morgan fingerprint density at radius 3 is 2.33 bits per heavy atom. The smallest absolute Gasteiger partial charge is 0.305 e. The minimum Gasteiger partial charge on any atom is -0.481 e. The summed E-state index contributed by atoms with van der Waals surface area (Å²) in [6, 6.07) is 3.47. The number of carboxylic acids is 1. The minimum atomic E-state index is -3.04. The first kappa shape index (κ1) is 34.4. The molecule has 2 atom stereocenters. The number of carboxylic acid groups (broad SMARTS) is 1. The number of fused-ring (bicyclic) bond motifs is 1. The van der Waals surface area contributed by atoms with Gasteiger partial charge in [-0.05, 0) is 98.8 Å². The molecule has 0 saturated carbocycles. The quantitative estimate of drug-likeness (QED) is 0.189. The molecule has 3 aromatic heterocycles. The Hall–Kier alpha value is -4.45. The van der Waals surface area contributed by atoms with Gasteiger partial charge in [-0.3, -0.25) is 14.4 Å². The standard InChI is InChI=1S/C34H40F3N5O4/c1-19(2)11-28(42-17-22(7-9-40(5)6)14-26(31(36)37)34(42)46)33(45)39-27(16-29(43)44)23-15-25(32-38-8-10-41(32)18-23)30-20(3)12-24(35)13-21(30)4/h8,10,12-15,17-19,27-28,31H,7,9,11,16H2,1-6H3,(H,39,45)(H,43,44)/t27-,28-/m1/s1. The number of hydrogen-bond donors (Lipinski definition) is 2. The van der Waals surface area contributed by atoms with Gasteiger partial charge in [0.1, 0.15) is 17.5 Å². The van der Waals surface area contributed by atoms with E-state index in [0.717, 1.165) is 10.1 Å². The Labute approximate surface area is 265 Å². The number of nitrogens with one attached hydrogen (secondary N) is 1. The van der Waals surface area contributed by atoms with E-state index in [1.54, 1.807) is 42.9 Å². The highest BCUT2D eigenvalue weighted by Gasteiger charge is 2.30. The molecule has 4 rings (SSSR count). The number of imidazole rings is 1. The van der Waals surface area contributed by atoms with Crippen LogP contribution in [0.2, 0.25) is 0 Å². The number of benzene rings is 1. The van der Waals surface area contributed by atoms with Crippen LogP contribution < -0.4 is 10.9 Å². The van der Waals surface area contributed by atoms with Crippen LogP contribution in [0.4, 0.5) is 13.2 Å². The lowest BCUT2D eigenvalue weighted by molar-refractivity contribution is -0.138. The van der Waals surface area contributed by atoms with Crippen molar-refractivity contribution in [1.29, 1.82) is 0 Å². The number of hydrogen-bond acceptors (Lipinski definition) is 5. The lowest BCUT2D eigenvalue weighted by Crippen LogP contribution is -2.41. The Kier molecular flexibility index (Phi) is 10.7. The molecular weight excluding hydrogens is 599 g/mol. The van der Waals surface area contributed by atoms with Gasteiger partial charge in [0.2, 0.25) is 5.91 Å². The molecule has 4 aromatic rings. The number of nitrogens with zero attached hydrogens (tertiary/aromatic N) is 4. The summed E-state index contributed by atoms with van der Waals surface area (Å²) >= 11 is 0. The number of alkyl halides is 2. The maximum Gasteiger partial charge on any atom is 0.305 e. The van der Waals surface area contributed by atoms with E-state index < -0.39 is 53.7 Å². The number of aliphatic carboxylic acids is 1. The number of aryl methyl sites for hydroxylation is 2. The second-order valence-corrected chi connectivity index (χ2v) is 12.4. The molecule has 0 unspecified atom stereocenters.